The molecule has 84 valence electrons. The van der Waals surface area contributed by atoms with Crippen LogP contribution in [0.25, 0.3) is 21.8 Å². The molecule has 0 saturated heterocycles. The summed E-state index contributed by atoms with van der Waals surface area (Å²) in [5.41, 5.74) is 3.59. The second-order valence-electron chi connectivity index (χ2n) is 4.71. The summed E-state index contributed by atoms with van der Waals surface area (Å²) in [4.78, 5) is 4.72. The minimum Gasteiger partial charge on any atom is -0.248 e. The fraction of sp³-hybridized carbons (Fsp3) is 0.188. The molecule has 3 aromatic rings. The van der Waals surface area contributed by atoms with Gasteiger partial charge >= 0.3 is 0 Å². The molecule has 1 nitrogen and oxygen atoms in total. The first-order chi connectivity index (χ1) is 8.27. The first kappa shape index (κ1) is 10.3. The Morgan fingerprint density at radius 1 is 0.765 bits per heavy atom. The van der Waals surface area contributed by atoms with E-state index in [1.54, 1.807) is 0 Å². The van der Waals surface area contributed by atoms with E-state index in [4.69, 9.17) is 4.98 Å². The van der Waals surface area contributed by atoms with E-state index < -0.39 is 0 Å². The third-order valence-corrected chi connectivity index (χ3v) is 3.21. The Labute approximate surface area is 101 Å². The summed E-state index contributed by atoms with van der Waals surface area (Å²) in [5, 5.41) is 2.56. The number of benzene rings is 2. The van der Waals surface area contributed by atoms with E-state index in [-0.39, 0.29) is 0 Å². The standard InChI is InChI=1S/C16H15N/c1-11(2)16-12-7-3-5-9-14(12)17-15-10-6-4-8-13(15)16/h3-11H,1-2H3. The molecule has 1 aromatic heterocycles. The normalized spacial score (nSPS) is 11.5. The molecule has 0 radical (unpaired) electrons. The van der Waals surface area contributed by atoms with Gasteiger partial charge in [0, 0.05) is 10.8 Å². The molecule has 0 aliphatic rings. The van der Waals surface area contributed by atoms with Gasteiger partial charge in [0.2, 0.25) is 0 Å². The number of hydrogen-bond donors (Lipinski definition) is 0. The minimum atomic E-state index is 0.507. The molecule has 1 heteroatoms. The molecule has 0 atom stereocenters. The van der Waals surface area contributed by atoms with Crippen molar-refractivity contribution in [2.45, 2.75) is 19.8 Å². The largest absolute Gasteiger partial charge is 0.248 e. The molecule has 0 bridgehead atoms. The highest BCUT2D eigenvalue weighted by atomic mass is 14.7. The molecule has 3 rings (SSSR count). The Hall–Kier alpha value is -1.89. The zero-order chi connectivity index (χ0) is 11.8. The van der Waals surface area contributed by atoms with E-state index in [1.807, 2.05) is 12.1 Å². The van der Waals surface area contributed by atoms with Gasteiger partial charge in [-0.1, -0.05) is 50.2 Å². The third kappa shape index (κ3) is 1.59. The molecule has 1 heterocycles. The summed E-state index contributed by atoms with van der Waals surface area (Å²) < 4.78 is 0. The Balaban J connectivity index is 2.56. The highest BCUT2D eigenvalue weighted by Crippen LogP contribution is 2.31. The maximum absolute atomic E-state index is 4.72. The molecule has 17 heavy (non-hydrogen) atoms. The predicted octanol–water partition coefficient (Wildman–Crippen LogP) is 4.51. The molecule has 0 N–H and O–H groups in total. The average molecular weight is 221 g/mol. The van der Waals surface area contributed by atoms with Crippen LogP contribution in [0.3, 0.4) is 0 Å². The summed E-state index contributed by atoms with van der Waals surface area (Å²) in [6.07, 6.45) is 0. The second kappa shape index (κ2) is 3.85. The van der Waals surface area contributed by atoms with Crippen molar-refractivity contribution in [1.29, 1.82) is 0 Å². The molecular weight excluding hydrogens is 206 g/mol. The van der Waals surface area contributed by atoms with Gasteiger partial charge in [-0.25, -0.2) is 4.98 Å². The molecule has 0 amide bonds. The van der Waals surface area contributed by atoms with Gasteiger partial charge in [-0.3, -0.25) is 0 Å². The lowest BCUT2D eigenvalue weighted by molar-refractivity contribution is 0.884. The Bertz CT molecular complexity index is 629. The van der Waals surface area contributed by atoms with Crippen molar-refractivity contribution in [3.8, 4) is 0 Å². The lowest BCUT2D eigenvalue weighted by atomic mass is 9.94. The van der Waals surface area contributed by atoms with Gasteiger partial charge in [0.05, 0.1) is 11.0 Å². The minimum absolute atomic E-state index is 0.507. The van der Waals surface area contributed by atoms with Crippen molar-refractivity contribution in [2.75, 3.05) is 0 Å². The fourth-order valence-electron chi connectivity index (χ4n) is 2.49. The smallest absolute Gasteiger partial charge is 0.0712 e. The number of aromatic nitrogens is 1. The Morgan fingerprint density at radius 2 is 1.24 bits per heavy atom. The van der Waals surface area contributed by atoms with E-state index in [0.717, 1.165) is 11.0 Å². The van der Waals surface area contributed by atoms with Gasteiger partial charge in [0.15, 0.2) is 0 Å². The van der Waals surface area contributed by atoms with Crippen LogP contribution in [-0.4, -0.2) is 4.98 Å². The van der Waals surface area contributed by atoms with Crippen LogP contribution in [0.5, 0.6) is 0 Å². The first-order valence-corrected chi connectivity index (χ1v) is 6.05. The van der Waals surface area contributed by atoms with E-state index in [1.165, 1.54) is 16.3 Å². The van der Waals surface area contributed by atoms with E-state index in [0.29, 0.717) is 5.92 Å². The van der Waals surface area contributed by atoms with Gasteiger partial charge in [0.25, 0.3) is 0 Å². The van der Waals surface area contributed by atoms with Gasteiger partial charge in [0.1, 0.15) is 0 Å². The SMILES string of the molecule is CC(C)c1c2ccccc2nc2ccccc12. The number of pyridine rings is 1. The maximum atomic E-state index is 4.72. The zero-order valence-corrected chi connectivity index (χ0v) is 10.1. The van der Waals surface area contributed by atoms with Crippen molar-refractivity contribution in [3.05, 3.63) is 54.1 Å². The van der Waals surface area contributed by atoms with Crippen molar-refractivity contribution < 1.29 is 0 Å². The van der Waals surface area contributed by atoms with Crippen LogP contribution in [0.15, 0.2) is 48.5 Å². The maximum Gasteiger partial charge on any atom is 0.0712 e. The van der Waals surface area contributed by atoms with Crippen LogP contribution in [0.1, 0.15) is 25.3 Å². The van der Waals surface area contributed by atoms with Crippen molar-refractivity contribution >= 4 is 21.8 Å². The summed E-state index contributed by atoms with van der Waals surface area (Å²) in [5.74, 6) is 0.507. The number of para-hydroxylation sites is 2. The quantitative estimate of drug-likeness (QED) is 0.551. The van der Waals surface area contributed by atoms with Gasteiger partial charge < -0.3 is 0 Å². The van der Waals surface area contributed by atoms with Crippen LogP contribution in [0.4, 0.5) is 0 Å². The van der Waals surface area contributed by atoms with E-state index >= 15 is 0 Å². The number of rotatable bonds is 1. The van der Waals surface area contributed by atoms with Crippen LogP contribution in [0.2, 0.25) is 0 Å². The molecule has 2 aromatic carbocycles. The second-order valence-corrected chi connectivity index (χ2v) is 4.71. The highest BCUT2D eigenvalue weighted by molar-refractivity contribution is 5.97. The van der Waals surface area contributed by atoms with Crippen LogP contribution >= 0.6 is 0 Å². The zero-order valence-electron chi connectivity index (χ0n) is 10.1. The van der Waals surface area contributed by atoms with Crippen LogP contribution < -0.4 is 0 Å². The molecule has 0 unspecified atom stereocenters. The van der Waals surface area contributed by atoms with Crippen LogP contribution in [-0.2, 0) is 0 Å². The molecule has 0 saturated carbocycles. The first-order valence-electron chi connectivity index (χ1n) is 6.05. The molecular formula is C16H15N. The lowest BCUT2D eigenvalue weighted by Gasteiger charge is -2.13. The Kier molecular flexibility index (Phi) is 2.32. The molecule has 0 aliphatic carbocycles. The monoisotopic (exact) mass is 221 g/mol. The molecule has 0 spiro atoms. The highest BCUT2D eigenvalue weighted by Gasteiger charge is 2.10. The van der Waals surface area contributed by atoms with E-state index in [9.17, 15) is 0 Å². The fourth-order valence-corrected chi connectivity index (χ4v) is 2.49. The number of hydrogen-bond acceptors (Lipinski definition) is 1. The Morgan fingerprint density at radius 3 is 1.71 bits per heavy atom. The van der Waals surface area contributed by atoms with Crippen molar-refractivity contribution in [2.24, 2.45) is 0 Å². The van der Waals surface area contributed by atoms with Gasteiger partial charge in [-0.2, -0.15) is 0 Å². The van der Waals surface area contributed by atoms with Gasteiger partial charge in [-0.05, 0) is 23.6 Å². The van der Waals surface area contributed by atoms with Gasteiger partial charge in [-0.15, -0.1) is 0 Å². The summed E-state index contributed by atoms with van der Waals surface area (Å²) >= 11 is 0. The summed E-state index contributed by atoms with van der Waals surface area (Å²) in [6, 6.07) is 16.8. The number of fused-ring (bicyclic) bond motifs is 2. The molecule has 0 aliphatic heterocycles. The van der Waals surface area contributed by atoms with E-state index in [2.05, 4.69) is 50.2 Å². The lowest BCUT2D eigenvalue weighted by Crippen LogP contribution is -1.94. The summed E-state index contributed by atoms with van der Waals surface area (Å²) in [7, 11) is 0. The number of nitrogens with zero attached hydrogens (tertiary/aromatic N) is 1. The topological polar surface area (TPSA) is 12.9 Å². The predicted molar refractivity (Wildman–Crippen MR) is 73.3 cm³/mol. The average Bonchev–Trinajstić information content (AvgIpc) is 2.35. The van der Waals surface area contributed by atoms with Crippen molar-refractivity contribution in [3.63, 3.8) is 0 Å². The summed E-state index contributed by atoms with van der Waals surface area (Å²) in [6.45, 7) is 4.49. The molecule has 0 fully saturated rings. The van der Waals surface area contributed by atoms with Crippen molar-refractivity contribution in [1.82, 2.24) is 4.98 Å². The third-order valence-electron chi connectivity index (χ3n) is 3.21. The van der Waals surface area contributed by atoms with Crippen LogP contribution in [0, 0.1) is 0 Å².